The third-order valence-electron chi connectivity index (χ3n) is 6.40. The number of hydrogen-bond acceptors (Lipinski definition) is 6. The van der Waals surface area contributed by atoms with E-state index in [0.29, 0.717) is 34.9 Å². The van der Waals surface area contributed by atoms with E-state index in [1.807, 2.05) is 12.1 Å². The van der Waals surface area contributed by atoms with Crippen LogP contribution in [0.2, 0.25) is 5.02 Å². The molecule has 1 aliphatic carbocycles. The van der Waals surface area contributed by atoms with Crippen molar-refractivity contribution >= 4 is 23.4 Å². The highest BCUT2D eigenvalue weighted by atomic mass is 35.5. The van der Waals surface area contributed by atoms with Crippen LogP contribution in [0.15, 0.2) is 58.9 Å². The van der Waals surface area contributed by atoms with E-state index in [4.69, 9.17) is 25.8 Å². The normalized spacial score (nSPS) is 20.0. The van der Waals surface area contributed by atoms with Gasteiger partial charge in [-0.25, -0.2) is 9.18 Å². The zero-order valence-electron chi connectivity index (χ0n) is 19.3. The van der Waals surface area contributed by atoms with Crippen LogP contribution in [0.5, 0.6) is 11.5 Å². The summed E-state index contributed by atoms with van der Waals surface area (Å²) in [5.74, 6) is -1.35. The van der Waals surface area contributed by atoms with E-state index >= 15 is 4.39 Å². The number of hydrogen-bond donors (Lipinski definition) is 1. The largest absolute Gasteiger partial charge is 0.493 e. The van der Waals surface area contributed by atoms with Crippen LogP contribution >= 0.6 is 11.6 Å². The first-order valence-electron chi connectivity index (χ1n) is 10.8. The predicted octanol–water partition coefficient (Wildman–Crippen LogP) is 5.03. The fourth-order valence-corrected chi connectivity index (χ4v) is 5.11. The molecule has 0 spiro atoms. The zero-order chi connectivity index (χ0) is 24.6. The van der Waals surface area contributed by atoms with E-state index in [1.165, 1.54) is 19.2 Å². The van der Waals surface area contributed by atoms with Gasteiger partial charge in [-0.3, -0.25) is 4.79 Å². The molecule has 0 unspecified atom stereocenters. The number of esters is 1. The van der Waals surface area contributed by atoms with Gasteiger partial charge in [0.1, 0.15) is 5.82 Å². The topological polar surface area (TPSA) is 73.9 Å². The first-order chi connectivity index (χ1) is 16.3. The van der Waals surface area contributed by atoms with Crippen LogP contribution in [0.25, 0.3) is 0 Å². The molecule has 0 saturated heterocycles. The summed E-state index contributed by atoms with van der Waals surface area (Å²) in [7, 11) is 4.37. The van der Waals surface area contributed by atoms with Gasteiger partial charge in [-0.2, -0.15) is 0 Å². The summed E-state index contributed by atoms with van der Waals surface area (Å²) in [6, 6.07) is 9.88. The number of ether oxygens (including phenoxy) is 3. The number of ketones is 1. The lowest BCUT2D eigenvalue weighted by atomic mass is 9.71. The number of rotatable bonds is 5. The van der Waals surface area contributed by atoms with E-state index in [1.54, 1.807) is 33.3 Å². The molecule has 1 heterocycles. The summed E-state index contributed by atoms with van der Waals surface area (Å²) in [4.78, 5) is 26.3. The second-order valence-electron chi connectivity index (χ2n) is 8.26. The highest BCUT2D eigenvalue weighted by Gasteiger charge is 2.43. The second-order valence-corrected chi connectivity index (χ2v) is 8.67. The minimum atomic E-state index is -0.962. The number of Topliss-reactive ketones (excluding diaryl/α,β-unsaturated/α-hetero) is 1. The highest BCUT2D eigenvalue weighted by Crippen LogP contribution is 2.48. The third-order valence-corrected chi connectivity index (χ3v) is 6.73. The van der Waals surface area contributed by atoms with Crippen molar-refractivity contribution < 1.29 is 28.2 Å². The van der Waals surface area contributed by atoms with Gasteiger partial charge in [0.25, 0.3) is 0 Å². The van der Waals surface area contributed by atoms with Crippen LogP contribution in [0.1, 0.15) is 42.7 Å². The molecule has 0 amide bonds. The van der Waals surface area contributed by atoms with E-state index < -0.39 is 17.7 Å². The smallest absolute Gasteiger partial charge is 0.336 e. The molecule has 34 heavy (non-hydrogen) atoms. The van der Waals surface area contributed by atoms with E-state index in [2.05, 4.69) is 5.32 Å². The van der Waals surface area contributed by atoms with Gasteiger partial charge in [0.2, 0.25) is 0 Å². The Morgan fingerprint density at radius 1 is 1.09 bits per heavy atom. The summed E-state index contributed by atoms with van der Waals surface area (Å²) in [6.07, 6.45) is 0.678. The van der Waals surface area contributed by atoms with Gasteiger partial charge in [0, 0.05) is 34.0 Å². The number of carbonyl (C=O) groups is 2. The molecule has 2 aliphatic rings. The zero-order valence-corrected chi connectivity index (χ0v) is 20.1. The lowest BCUT2D eigenvalue weighted by Gasteiger charge is -2.37. The summed E-state index contributed by atoms with van der Waals surface area (Å²) in [6.45, 7) is 1.71. The Labute approximate surface area is 202 Å². The molecular weight excluding hydrogens is 461 g/mol. The number of carbonyl (C=O) groups excluding carboxylic acids is 2. The Bertz CT molecular complexity index is 1220. The molecule has 0 fully saturated rings. The van der Waals surface area contributed by atoms with Crippen molar-refractivity contribution in [1.29, 1.82) is 0 Å². The number of dihydropyridines is 1. The first-order valence-corrected chi connectivity index (χ1v) is 11.2. The van der Waals surface area contributed by atoms with E-state index in [0.717, 1.165) is 5.56 Å². The van der Waals surface area contributed by atoms with Gasteiger partial charge in [-0.1, -0.05) is 23.7 Å². The molecule has 0 aromatic heterocycles. The highest BCUT2D eigenvalue weighted by molar-refractivity contribution is 6.31. The van der Waals surface area contributed by atoms with Crippen LogP contribution in [0.3, 0.4) is 0 Å². The molecule has 4 rings (SSSR count). The van der Waals surface area contributed by atoms with Crippen molar-refractivity contribution in [2.45, 2.75) is 31.6 Å². The molecule has 1 aliphatic heterocycles. The molecule has 0 radical (unpaired) electrons. The average molecular weight is 486 g/mol. The molecule has 178 valence electrons. The summed E-state index contributed by atoms with van der Waals surface area (Å²) in [5, 5.41) is 3.36. The van der Waals surface area contributed by atoms with Crippen molar-refractivity contribution in [3.63, 3.8) is 0 Å². The van der Waals surface area contributed by atoms with Gasteiger partial charge in [-0.15, -0.1) is 0 Å². The third kappa shape index (κ3) is 4.05. The minimum absolute atomic E-state index is 0.0934. The van der Waals surface area contributed by atoms with Gasteiger partial charge >= 0.3 is 5.97 Å². The standard InChI is InChI=1S/C26H25ClFNO5/c1-13-22(26(31)34-4)25(23-16(27)6-5-7-17(23)28)24-18(29-13)10-15(11-19(24)30)14-8-9-20(32-2)21(12-14)33-3/h5-9,12,15,25,29H,10-11H2,1-4H3/t15-,25+/m0/s1. The van der Waals surface area contributed by atoms with Crippen molar-refractivity contribution in [3.8, 4) is 11.5 Å². The van der Waals surface area contributed by atoms with Crippen LogP contribution < -0.4 is 14.8 Å². The molecule has 6 nitrogen and oxygen atoms in total. The summed E-state index contributed by atoms with van der Waals surface area (Å²) in [5.41, 5.74) is 2.66. The van der Waals surface area contributed by atoms with Crippen molar-refractivity contribution in [2.24, 2.45) is 0 Å². The van der Waals surface area contributed by atoms with Gasteiger partial charge in [0.15, 0.2) is 17.3 Å². The van der Waals surface area contributed by atoms with Gasteiger partial charge in [0.05, 0.1) is 32.8 Å². The van der Waals surface area contributed by atoms with Crippen molar-refractivity contribution in [2.75, 3.05) is 21.3 Å². The number of halogens is 2. The molecular formula is C26H25ClFNO5. The number of benzene rings is 2. The van der Waals surface area contributed by atoms with Crippen LogP contribution in [0.4, 0.5) is 4.39 Å². The Morgan fingerprint density at radius 3 is 2.47 bits per heavy atom. The average Bonchev–Trinajstić information content (AvgIpc) is 2.82. The van der Waals surface area contributed by atoms with Gasteiger partial charge in [-0.05, 0) is 49.1 Å². The second kappa shape index (κ2) is 9.50. The number of allylic oxidation sites excluding steroid dienone is 3. The molecule has 2 aromatic rings. The van der Waals surface area contributed by atoms with Crippen LogP contribution in [-0.2, 0) is 14.3 Å². The maximum Gasteiger partial charge on any atom is 0.336 e. The Morgan fingerprint density at radius 2 is 1.82 bits per heavy atom. The maximum atomic E-state index is 15.0. The minimum Gasteiger partial charge on any atom is -0.493 e. The molecule has 0 saturated carbocycles. The molecule has 2 aromatic carbocycles. The number of nitrogens with one attached hydrogen (secondary N) is 1. The Kier molecular flexibility index (Phi) is 6.66. The predicted molar refractivity (Wildman–Crippen MR) is 126 cm³/mol. The van der Waals surface area contributed by atoms with E-state index in [9.17, 15) is 9.59 Å². The van der Waals surface area contributed by atoms with Crippen molar-refractivity contribution in [3.05, 3.63) is 80.9 Å². The molecule has 0 bridgehead atoms. The molecule has 1 N–H and O–H groups in total. The Balaban J connectivity index is 1.82. The molecule has 2 atom stereocenters. The monoisotopic (exact) mass is 485 g/mol. The number of methoxy groups -OCH3 is 3. The first kappa shape index (κ1) is 23.8. The van der Waals surface area contributed by atoms with Gasteiger partial charge < -0.3 is 19.5 Å². The lowest BCUT2D eigenvalue weighted by molar-refractivity contribution is -0.136. The van der Waals surface area contributed by atoms with Crippen LogP contribution in [0, 0.1) is 5.82 Å². The SMILES string of the molecule is COC(=O)C1=C(C)NC2=C(C(=O)C[C@@H](c3ccc(OC)c(OC)c3)C2)[C@H]1c1c(F)cccc1Cl. The lowest BCUT2D eigenvalue weighted by Crippen LogP contribution is -2.36. The fraction of sp³-hybridized carbons (Fsp3) is 0.308. The Hall–Kier alpha value is -3.32. The summed E-state index contributed by atoms with van der Waals surface area (Å²) < 4.78 is 30.8. The van der Waals surface area contributed by atoms with E-state index in [-0.39, 0.29) is 34.3 Å². The molecule has 8 heteroatoms. The van der Waals surface area contributed by atoms with Crippen molar-refractivity contribution in [1.82, 2.24) is 5.32 Å². The van der Waals surface area contributed by atoms with Crippen LogP contribution in [-0.4, -0.2) is 33.1 Å². The fourth-order valence-electron chi connectivity index (χ4n) is 4.84. The quantitative estimate of drug-likeness (QED) is 0.599. The maximum absolute atomic E-state index is 15.0. The summed E-state index contributed by atoms with van der Waals surface area (Å²) >= 11 is 6.39.